The Bertz CT molecular complexity index is 400. The van der Waals surface area contributed by atoms with Crippen molar-refractivity contribution < 1.29 is 23.4 Å². The number of halogens is 2. The Kier molecular flexibility index (Phi) is 4.39. The molecule has 0 spiro atoms. The van der Waals surface area contributed by atoms with E-state index in [1.54, 1.807) is 6.92 Å². The second kappa shape index (κ2) is 5.58. The first kappa shape index (κ1) is 13.4. The Balaban J connectivity index is 2.67. The lowest BCUT2D eigenvalue weighted by atomic mass is 10.2. The SMILES string of the molecule is COC(=O)[C@H](C)NCc1cc(F)c(O)c(F)c1. The van der Waals surface area contributed by atoms with Crippen LogP contribution in [0.15, 0.2) is 12.1 Å². The monoisotopic (exact) mass is 245 g/mol. The standard InChI is InChI=1S/C11H13F2NO3/c1-6(11(16)17-2)14-5-7-3-8(12)10(15)9(13)4-7/h3-4,6,14-15H,5H2,1-2H3/t6-/m0/s1. The van der Waals surface area contributed by atoms with Gasteiger partial charge in [0.25, 0.3) is 0 Å². The van der Waals surface area contributed by atoms with Gasteiger partial charge in [-0.25, -0.2) is 8.78 Å². The van der Waals surface area contributed by atoms with Crippen LogP contribution >= 0.6 is 0 Å². The smallest absolute Gasteiger partial charge is 0.322 e. The molecule has 0 heterocycles. The molecule has 0 fully saturated rings. The highest BCUT2D eigenvalue weighted by Gasteiger charge is 2.14. The number of hydrogen-bond donors (Lipinski definition) is 2. The van der Waals surface area contributed by atoms with Gasteiger partial charge in [-0.15, -0.1) is 0 Å². The number of methoxy groups -OCH3 is 1. The summed E-state index contributed by atoms with van der Waals surface area (Å²) in [6.07, 6.45) is 0. The Morgan fingerprint density at radius 3 is 2.47 bits per heavy atom. The summed E-state index contributed by atoms with van der Waals surface area (Å²) in [7, 11) is 1.25. The first-order chi connectivity index (χ1) is 7.95. The summed E-state index contributed by atoms with van der Waals surface area (Å²) in [5.74, 6) is -3.54. The van der Waals surface area contributed by atoms with Crippen molar-refractivity contribution in [1.29, 1.82) is 0 Å². The molecule has 94 valence electrons. The third-order valence-electron chi connectivity index (χ3n) is 2.24. The first-order valence-corrected chi connectivity index (χ1v) is 4.93. The molecular formula is C11H13F2NO3. The Labute approximate surface area is 97.2 Å². The third-order valence-corrected chi connectivity index (χ3v) is 2.24. The zero-order valence-corrected chi connectivity index (χ0v) is 9.46. The summed E-state index contributed by atoms with van der Waals surface area (Å²) in [6.45, 7) is 1.66. The van der Waals surface area contributed by atoms with Gasteiger partial charge >= 0.3 is 5.97 Å². The molecule has 0 bridgehead atoms. The number of rotatable bonds is 4. The lowest BCUT2D eigenvalue weighted by Gasteiger charge is -2.11. The van der Waals surface area contributed by atoms with E-state index in [9.17, 15) is 13.6 Å². The van der Waals surface area contributed by atoms with Crippen LogP contribution in [0.2, 0.25) is 0 Å². The van der Waals surface area contributed by atoms with E-state index in [4.69, 9.17) is 5.11 Å². The summed E-state index contributed by atoms with van der Waals surface area (Å²) in [4.78, 5) is 11.0. The number of carbonyl (C=O) groups is 1. The highest BCUT2D eigenvalue weighted by molar-refractivity contribution is 5.75. The minimum Gasteiger partial charge on any atom is -0.503 e. The van der Waals surface area contributed by atoms with Crippen molar-refractivity contribution in [3.05, 3.63) is 29.3 Å². The van der Waals surface area contributed by atoms with Crippen LogP contribution in [0.1, 0.15) is 12.5 Å². The summed E-state index contributed by atoms with van der Waals surface area (Å²) >= 11 is 0. The van der Waals surface area contributed by atoms with Gasteiger partial charge in [-0.2, -0.15) is 0 Å². The molecule has 1 aromatic rings. The van der Waals surface area contributed by atoms with E-state index in [0.29, 0.717) is 0 Å². The molecule has 0 aliphatic heterocycles. The van der Waals surface area contributed by atoms with Gasteiger partial charge in [-0.1, -0.05) is 0 Å². The summed E-state index contributed by atoms with van der Waals surface area (Å²) in [6, 6.07) is 1.41. The van der Waals surface area contributed by atoms with Crippen molar-refractivity contribution in [2.24, 2.45) is 0 Å². The molecular weight excluding hydrogens is 232 g/mol. The first-order valence-electron chi connectivity index (χ1n) is 4.93. The number of phenolic OH excluding ortho intramolecular Hbond substituents is 1. The van der Waals surface area contributed by atoms with E-state index in [-0.39, 0.29) is 12.1 Å². The van der Waals surface area contributed by atoms with Gasteiger partial charge in [0, 0.05) is 6.54 Å². The minimum atomic E-state index is -1.03. The van der Waals surface area contributed by atoms with E-state index >= 15 is 0 Å². The quantitative estimate of drug-likeness (QED) is 0.785. The average molecular weight is 245 g/mol. The number of hydrogen-bond acceptors (Lipinski definition) is 4. The molecule has 2 N–H and O–H groups in total. The van der Waals surface area contributed by atoms with Gasteiger partial charge in [0.2, 0.25) is 0 Å². The maximum atomic E-state index is 13.0. The van der Waals surface area contributed by atoms with Crippen LogP contribution in [-0.4, -0.2) is 24.2 Å². The van der Waals surface area contributed by atoms with Gasteiger partial charge in [-0.05, 0) is 24.6 Å². The topological polar surface area (TPSA) is 58.6 Å². The molecule has 0 amide bonds. The number of esters is 1. The predicted molar refractivity (Wildman–Crippen MR) is 56.3 cm³/mol. The third kappa shape index (κ3) is 3.39. The number of benzene rings is 1. The van der Waals surface area contributed by atoms with Crippen LogP contribution < -0.4 is 5.32 Å². The summed E-state index contributed by atoms with van der Waals surface area (Å²) < 4.78 is 30.4. The molecule has 1 aromatic carbocycles. The molecule has 1 rings (SSSR count). The molecule has 0 aliphatic rings. The molecule has 1 atom stereocenters. The molecule has 0 radical (unpaired) electrons. The Morgan fingerprint density at radius 1 is 1.47 bits per heavy atom. The van der Waals surface area contributed by atoms with E-state index in [1.807, 2.05) is 0 Å². The predicted octanol–water partition coefficient (Wildman–Crippen LogP) is 1.32. The fraction of sp³-hybridized carbons (Fsp3) is 0.364. The molecule has 6 heteroatoms. The zero-order chi connectivity index (χ0) is 13.0. The van der Waals surface area contributed by atoms with Crippen molar-refractivity contribution in [2.75, 3.05) is 7.11 Å². The van der Waals surface area contributed by atoms with E-state index in [0.717, 1.165) is 12.1 Å². The Hall–Kier alpha value is -1.69. The van der Waals surface area contributed by atoms with E-state index in [1.165, 1.54) is 7.11 Å². The minimum absolute atomic E-state index is 0.0877. The van der Waals surface area contributed by atoms with Gasteiger partial charge in [0.05, 0.1) is 7.11 Å². The van der Waals surface area contributed by atoms with Gasteiger partial charge in [-0.3, -0.25) is 4.79 Å². The maximum Gasteiger partial charge on any atom is 0.322 e. The van der Waals surface area contributed by atoms with Crippen LogP contribution in [0, 0.1) is 11.6 Å². The van der Waals surface area contributed by atoms with E-state index < -0.39 is 29.4 Å². The summed E-state index contributed by atoms with van der Waals surface area (Å²) in [5.41, 5.74) is 0.286. The van der Waals surface area contributed by atoms with Crippen LogP contribution in [0.25, 0.3) is 0 Å². The normalized spacial score (nSPS) is 12.2. The van der Waals surface area contributed by atoms with Gasteiger partial charge in [0.15, 0.2) is 17.4 Å². The average Bonchev–Trinajstić information content (AvgIpc) is 2.31. The highest BCUT2D eigenvalue weighted by atomic mass is 19.1. The van der Waals surface area contributed by atoms with Crippen molar-refractivity contribution in [3.63, 3.8) is 0 Å². The van der Waals surface area contributed by atoms with Crippen molar-refractivity contribution in [3.8, 4) is 5.75 Å². The number of phenols is 1. The lowest BCUT2D eigenvalue weighted by Crippen LogP contribution is -2.34. The molecule has 17 heavy (non-hydrogen) atoms. The van der Waals surface area contributed by atoms with E-state index in [2.05, 4.69) is 10.1 Å². The molecule has 0 saturated carbocycles. The second-order valence-electron chi connectivity index (χ2n) is 3.53. The number of nitrogens with one attached hydrogen (secondary N) is 1. The number of aromatic hydroxyl groups is 1. The molecule has 0 aliphatic carbocycles. The van der Waals surface area contributed by atoms with Crippen molar-refractivity contribution >= 4 is 5.97 Å². The largest absolute Gasteiger partial charge is 0.503 e. The maximum absolute atomic E-state index is 13.0. The molecule has 0 unspecified atom stereocenters. The molecule has 4 nitrogen and oxygen atoms in total. The fourth-order valence-electron chi connectivity index (χ4n) is 1.25. The lowest BCUT2D eigenvalue weighted by molar-refractivity contribution is -0.142. The van der Waals surface area contributed by atoms with Crippen molar-refractivity contribution in [2.45, 2.75) is 19.5 Å². The fourth-order valence-corrected chi connectivity index (χ4v) is 1.25. The van der Waals surface area contributed by atoms with Gasteiger partial charge < -0.3 is 15.2 Å². The number of ether oxygens (including phenoxy) is 1. The van der Waals surface area contributed by atoms with Gasteiger partial charge in [0.1, 0.15) is 6.04 Å². The second-order valence-corrected chi connectivity index (χ2v) is 3.53. The van der Waals surface area contributed by atoms with Crippen LogP contribution in [0.3, 0.4) is 0 Å². The van der Waals surface area contributed by atoms with Crippen LogP contribution in [0.4, 0.5) is 8.78 Å². The molecule has 0 saturated heterocycles. The van der Waals surface area contributed by atoms with Crippen LogP contribution in [0.5, 0.6) is 5.75 Å². The highest BCUT2D eigenvalue weighted by Crippen LogP contribution is 2.21. The zero-order valence-electron chi connectivity index (χ0n) is 9.46. The molecule has 0 aromatic heterocycles. The Morgan fingerprint density at radius 2 is 2.00 bits per heavy atom. The summed E-state index contributed by atoms with van der Waals surface area (Å²) in [5, 5.41) is 11.6. The number of carbonyl (C=O) groups excluding carboxylic acids is 1. The van der Waals surface area contributed by atoms with Crippen LogP contribution in [-0.2, 0) is 16.1 Å². The van der Waals surface area contributed by atoms with Crippen molar-refractivity contribution in [1.82, 2.24) is 5.32 Å².